The first kappa shape index (κ1) is 13.5. The van der Waals surface area contributed by atoms with Crippen molar-refractivity contribution in [3.05, 3.63) is 0 Å². The molecule has 0 aliphatic carbocycles. The summed E-state index contributed by atoms with van der Waals surface area (Å²) in [5.41, 5.74) is -1.00. The summed E-state index contributed by atoms with van der Waals surface area (Å²) in [5.74, 6) is -0.730. The molecule has 94 valence electrons. The van der Waals surface area contributed by atoms with Crippen molar-refractivity contribution in [3.8, 4) is 0 Å². The van der Waals surface area contributed by atoms with Gasteiger partial charge in [-0.25, -0.2) is 0 Å². The van der Waals surface area contributed by atoms with Crippen molar-refractivity contribution in [2.45, 2.75) is 51.7 Å². The summed E-state index contributed by atoms with van der Waals surface area (Å²) in [4.78, 5) is 13.5. The topological polar surface area (TPSA) is 49.8 Å². The van der Waals surface area contributed by atoms with Gasteiger partial charge in [0.05, 0.1) is 12.2 Å². The average Bonchev–Trinajstić information content (AvgIpc) is 2.16. The van der Waals surface area contributed by atoms with E-state index < -0.39 is 11.5 Å². The summed E-state index contributed by atoms with van der Waals surface area (Å²) in [5, 5.41) is 9.40. The van der Waals surface area contributed by atoms with E-state index in [-0.39, 0.29) is 5.60 Å². The van der Waals surface area contributed by atoms with Crippen LogP contribution in [-0.4, -0.2) is 46.8 Å². The third-order valence-corrected chi connectivity index (χ3v) is 3.32. The van der Waals surface area contributed by atoms with Gasteiger partial charge in [0.2, 0.25) is 0 Å². The molecule has 0 aromatic rings. The van der Waals surface area contributed by atoms with Gasteiger partial charge in [0.1, 0.15) is 5.54 Å². The van der Waals surface area contributed by atoms with Gasteiger partial charge in [-0.15, -0.1) is 0 Å². The molecule has 0 amide bonds. The summed E-state index contributed by atoms with van der Waals surface area (Å²) < 4.78 is 5.61. The number of hydrogen-bond acceptors (Lipinski definition) is 3. The van der Waals surface area contributed by atoms with Crippen molar-refractivity contribution < 1.29 is 14.6 Å². The molecule has 1 rings (SSSR count). The zero-order valence-corrected chi connectivity index (χ0v) is 10.7. The summed E-state index contributed by atoms with van der Waals surface area (Å²) >= 11 is 0. The van der Waals surface area contributed by atoms with Gasteiger partial charge in [-0.3, -0.25) is 9.69 Å². The first-order valence-corrected chi connectivity index (χ1v) is 5.94. The number of aliphatic carboxylic acids is 1. The number of carboxylic acids is 1. The minimum Gasteiger partial charge on any atom is -0.480 e. The van der Waals surface area contributed by atoms with E-state index in [4.69, 9.17) is 4.74 Å². The van der Waals surface area contributed by atoms with Crippen LogP contribution in [0.25, 0.3) is 0 Å². The minimum atomic E-state index is -0.754. The van der Waals surface area contributed by atoms with Gasteiger partial charge in [0, 0.05) is 13.1 Å². The van der Waals surface area contributed by atoms with E-state index in [9.17, 15) is 9.90 Å². The zero-order chi connectivity index (χ0) is 12.4. The normalized spacial score (nSPS) is 25.0. The number of rotatable bonds is 4. The molecule has 0 saturated carbocycles. The molecule has 0 aromatic carbocycles. The number of ether oxygens (including phenoxy) is 1. The molecule has 0 bridgehead atoms. The fourth-order valence-corrected chi connectivity index (χ4v) is 2.32. The second-order valence-electron chi connectivity index (χ2n) is 5.36. The fourth-order valence-electron chi connectivity index (χ4n) is 2.32. The Hall–Kier alpha value is -0.610. The van der Waals surface area contributed by atoms with Crippen molar-refractivity contribution in [2.24, 2.45) is 0 Å². The first-order valence-electron chi connectivity index (χ1n) is 5.94. The van der Waals surface area contributed by atoms with Gasteiger partial charge in [0.25, 0.3) is 0 Å². The largest absolute Gasteiger partial charge is 0.480 e. The molecule has 1 atom stereocenters. The van der Waals surface area contributed by atoms with Crippen molar-refractivity contribution in [3.63, 3.8) is 0 Å². The fraction of sp³-hybridized carbons (Fsp3) is 0.917. The standard InChI is InChI=1S/C12H23NO3/c1-5-6-12(4,10(14)15)13-7-8-16-11(2,3)9-13/h5-9H2,1-4H3,(H,14,15). The maximum absolute atomic E-state index is 11.4. The van der Waals surface area contributed by atoms with Gasteiger partial charge < -0.3 is 9.84 Å². The number of carboxylic acid groups (broad SMARTS) is 1. The summed E-state index contributed by atoms with van der Waals surface area (Å²) in [6.45, 7) is 9.84. The van der Waals surface area contributed by atoms with Gasteiger partial charge in [-0.1, -0.05) is 13.3 Å². The molecule has 16 heavy (non-hydrogen) atoms. The zero-order valence-electron chi connectivity index (χ0n) is 10.7. The molecule has 1 fully saturated rings. The molecule has 4 heteroatoms. The maximum atomic E-state index is 11.4. The molecule has 0 radical (unpaired) electrons. The molecular formula is C12H23NO3. The van der Waals surface area contributed by atoms with Crippen molar-refractivity contribution >= 4 is 5.97 Å². The summed E-state index contributed by atoms with van der Waals surface area (Å²) in [6.07, 6.45) is 1.55. The van der Waals surface area contributed by atoms with E-state index >= 15 is 0 Å². The molecule has 4 nitrogen and oxygen atoms in total. The molecule has 0 spiro atoms. The van der Waals surface area contributed by atoms with Crippen LogP contribution in [0.2, 0.25) is 0 Å². The lowest BCUT2D eigenvalue weighted by molar-refractivity contribution is -0.162. The van der Waals surface area contributed by atoms with Crippen LogP contribution in [0.1, 0.15) is 40.5 Å². The highest BCUT2D eigenvalue weighted by Crippen LogP contribution is 2.27. The first-order chi connectivity index (χ1) is 7.32. The Bertz CT molecular complexity index is 265. The van der Waals surface area contributed by atoms with Gasteiger partial charge in [0.15, 0.2) is 0 Å². The van der Waals surface area contributed by atoms with Crippen LogP contribution in [0.15, 0.2) is 0 Å². The smallest absolute Gasteiger partial charge is 0.323 e. The number of carbonyl (C=O) groups is 1. The highest BCUT2D eigenvalue weighted by Gasteiger charge is 2.42. The highest BCUT2D eigenvalue weighted by atomic mass is 16.5. The van der Waals surface area contributed by atoms with Crippen molar-refractivity contribution in [1.29, 1.82) is 0 Å². The monoisotopic (exact) mass is 229 g/mol. The van der Waals surface area contributed by atoms with E-state index in [1.807, 2.05) is 32.6 Å². The van der Waals surface area contributed by atoms with Crippen molar-refractivity contribution in [2.75, 3.05) is 19.7 Å². The second-order valence-corrected chi connectivity index (χ2v) is 5.36. The van der Waals surface area contributed by atoms with Gasteiger partial charge in [-0.05, 0) is 27.2 Å². The molecule has 1 heterocycles. The quantitative estimate of drug-likeness (QED) is 0.797. The molecule has 0 aromatic heterocycles. The minimum absolute atomic E-state index is 0.247. The lowest BCUT2D eigenvalue weighted by Crippen LogP contribution is -2.60. The lowest BCUT2D eigenvalue weighted by atomic mass is 9.91. The van der Waals surface area contributed by atoms with Crippen LogP contribution >= 0.6 is 0 Å². The van der Waals surface area contributed by atoms with Crippen LogP contribution < -0.4 is 0 Å². The maximum Gasteiger partial charge on any atom is 0.323 e. The third-order valence-electron chi connectivity index (χ3n) is 3.32. The van der Waals surface area contributed by atoms with E-state index in [0.29, 0.717) is 26.1 Å². The van der Waals surface area contributed by atoms with Gasteiger partial charge >= 0.3 is 5.97 Å². The average molecular weight is 229 g/mol. The van der Waals surface area contributed by atoms with Crippen molar-refractivity contribution in [1.82, 2.24) is 4.90 Å². The number of hydrogen-bond donors (Lipinski definition) is 1. The van der Waals surface area contributed by atoms with E-state index in [1.54, 1.807) is 0 Å². The van der Waals surface area contributed by atoms with Crippen LogP contribution in [0.4, 0.5) is 0 Å². The van der Waals surface area contributed by atoms with Crippen LogP contribution in [0, 0.1) is 0 Å². The van der Waals surface area contributed by atoms with E-state index in [1.165, 1.54) is 0 Å². The molecular weight excluding hydrogens is 206 g/mol. The SMILES string of the molecule is CCCC(C)(C(=O)O)N1CCOC(C)(C)C1. The lowest BCUT2D eigenvalue weighted by Gasteiger charge is -2.45. The Kier molecular flexibility index (Phi) is 3.97. The second kappa shape index (κ2) is 4.72. The number of morpholine rings is 1. The summed E-state index contributed by atoms with van der Waals surface area (Å²) in [7, 11) is 0. The Balaban J connectivity index is 2.82. The molecule has 1 saturated heterocycles. The molecule has 1 aliphatic rings. The van der Waals surface area contributed by atoms with Crippen LogP contribution in [0.5, 0.6) is 0 Å². The Morgan fingerprint density at radius 1 is 1.56 bits per heavy atom. The molecule has 1 N–H and O–H groups in total. The Labute approximate surface area is 97.6 Å². The van der Waals surface area contributed by atoms with Crippen LogP contribution in [0.3, 0.4) is 0 Å². The Morgan fingerprint density at radius 2 is 2.19 bits per heavy atom. The van der Waals surface area contributed by atoms with E-state index in [2.05, 4.69) is 0 Å². The number of nitrogens with zero attached hydrogens (tertiary/aromatic N) is 1. The molecule has 1 aliphatic heterocycles. The predicted octanol–water partition coefficient (Wildman–Crippen LogP) is 1.74. The Morgan fingerprint density at radius 3 is 2.62 bits per heavy atom. The molecule has 1 unspecified atom stereocenters. The van der Waals surface area contributed by atoms with Crippen LogP contribution in [-0.2, 0) is 9.53 Å². The predicted molar refractivity (Wildman–Crippen MR) is 62.6 cm³/mol. The summed E-state index contributed by atoms with van der Waals surface area (Å²) in [6, 6.07) is 0. The highest BCUT2D eigenvalue weighted by molar-refractivity contribution is 5.78. The van der Waals surface area contributed by atoms with E-state index in [0.717, 1.165) is 6.42 Å². The van der Waals surface area contributed by atoms with Gasteiger partial charge in [-0.2, -0.15) is 0 Å². The third kappa shape index (κ3) is 2.74.